The Hall–Kier alpha value is -7.41. The van der Waals surface area contributed by atoms with Crippen molar-refractivity contribution in [1.29, 1.82) is 5.26 Å². The Morgan fingerprint density at radius 2 is 0.883 bits per heavy atom. The standard InChI is InChI=1S/C57H41N3/c58-37-38-21-27-50-51-28-26-44(35-53(51)57(52(50)33-38)31-10-3-11-32-57)47-30-29-46(48-19-8-9-20-49(47)48)43-17-12-18-45(34-43)55-36-54(59-56(60-55)42-15-6-2-7-16-42)41-24-22-40(23-25-41)39-13-4-1-5-14-39/h1-2,4-9,12-30,33-36H,3,10-11,31-32H2. The van der Waals surface area contributed by atoms with Gasteiger partial charge in [0, 0.05) is 22.1 Å². The summed E-state index contributed by atoms with van der Waals surface area (Å²) in [5, 5.41) is 12.3. The highest BCUT2D eigenvalue weighted by Gasteiger charge is 2.44. The van der Waals surface area contributed by atoms with Crippen molar-refractivity contribution >= 4 is 10.8 Å². The zero-order valence-electron chi connectivity index (χ0n) is 33.3. The van der Waals surface area contributed by atoms with Crippen LogP contribution in [0.25, 0.3) is 89.2 Å². The summed E-state index contributed by atoms with van der Waals surface area (Å²) in [5.41, 5.74) is 18.1. The van der Waals surface area contributed by atoms with Gasteiger partial charge < -0.3 is 0 Å². The number of hydrogen-bond acceptors (Lipinski definition) is 3. The van der Waals surface area contributed by atoms with Crippen LogP contribution in [0.1, 0.15) is 48.8 Å². The van der Waals surface area contributed by atoms with Crippen LogP contribution in [0.15, 0.2) is 188 Å². The van der Waals surface area contributed by atoms with Gasteiger partial charge in [0.05, 0.1) is 23.0 Å². The molecule has 0 aliphatic heterocycles. The largest absolute Gasteiger partial charge is 0.228 e. The highest BCUT2D eigenvalue weighted by molar-refractivity contribution is 6.05. The second kappa shape index (κ2) is 14.8. The molecule has 1 aromatic heterocycles. The number of hydrogen-bond donors (Lipinski definition) is 0. The van der Waals surface area contributed by atoms with Gasteiger partial charge >= 0.3 is 0 Å². The molecule has 11 rings (SSSR count). The minimum Gasteiger partial charge on any atom is -0.228 e. The molecule has 3 nitrogen and oxygen atoms in total. The van der Waals surface area contributed by atoms with Crippen molar-refractivity contribution in [3.8, 4) is 84.5 Å². The Bertz CT molecular complexity index is 3120. The molecule has 3 heteroatoms. The van der Waals surface area contributed by atoms with Crippen LogP contribution in [0.2, 0.25) is 0 Å². The van der Waals surface area contributed by atoms with Crippen molar-refractivity contribution in [2.45, 2.75) is 37.5 Å². The normalized spacial score (nSPS) is 13.8. The molecule has 1 fully saturated rings. The van der Waals surface area contributed by atoms with Gasteiger partial charge in [-0.3, -0.25) is 0 Å². The molecule has 0 radical (unpaired) electrons. The van der Waals surface area contributed by atoms with E-state index < -0.39 is 0 Å². The molecular weight excluding hydrogens is 727 g/mol. The van der Waals surface area contributed by atoms with Gasteiger partial charge in [-0.25, -0.2) is 9.97 Å². The first-order valence-electron chi connectivity index (χ1n) is 21.1. The minimum absolute atomic E-state index is 0.0329. The van der Waals surface area contributed by atoms with E-state index in [4.69, 9.17) is 9.97 Å². The lowest BCUT2D eigenvalue weighted by atomic mass is 9.67. The molecule has 0 N–H and O–H groups in total. The summed E-state index contributed by atoms with van der Waals surface area (Å²) >= 11 is 0. The molecule has 0 bridgehead atoms. The molecule has 2 aliphatic carbocycles. The number of aromatic nitrogens is 2. The molecule has 9 aromatic rings. The van der Waals surface area contributed by atoms with Gasteiger partial charge in [-0.05, 0) is 110 Å². The summed E-state index contributed by atoms with van der Waals surface area (Å²) in [6.07, 6.45) is 5.95. The number of fused-ring (bicyclic) bond motifs is 6. The van der Waals surface area contributed by atoms with Crippen molar-refractivity contribution in [3.05, 3.63) is 205 Å². The monoisotopic (exact) mass is 767 g/mol. The Balaban J connectivity index is 0.991. The van der Waals surface area contributed by atoms with Crippen molar-refractivity contribution in [1.82, 2.24) is 9.97 Å². The lowest BCUT2D eigenvalue weighted by molar-refractivity contribution is 0.353. The van der Waals surface area contributed by atoms with Crippen molar-refractivity contribution < 1.29 is 0 Å². The van der Waals surface area contributed by atoms with Crippen LogP contribution in [-0.4, -0.2) is 9.97 Å². The number of rotatable bonds is 6. The van der Waals surface area contributed by atoms with Crippen molar-refractivity contribution in [3.63, 3.8) is 0 Å². The van der Waals surface area contributed by atoms with Crippen LogP contribution in [-0.2, 0) is 5.41 Å². The molecule has 8 aromatic carbocycles. The lowest BCUT2D eigenvalue weighted by Gasteiger charge is -2.36. The molecule has 60 heavy (non-hydrogen) atoms. The Labute approximate surface area is 351 Å². The zero-order chi connectivity index (χ0) is 40.0. The number of benzene rings is 8. The maximum atomic E-state index is 9.83. The summed E-state index contributed by atoms with van der Waals surface area (Å²) in [5.74, 6) is 0.702. The molecular formula is C57H41N3. The fourth-order valence-corrected chi connectivity index (χ4v) is 10.00. The third-order valence-corrected chi connectivity index (χ3v) is 12.9. The van der Waals surface area contributed by atoms with Gasteiger partial charge in [0.15, 0.2) is 5.82 Å². The first kappa shape index (κ1) is 35.7. The summed E-state index contributed by atoms with van der Waals surface area (Å²) in [4.78, 5) is 10.3. The third kappa shape index (κ3) is 6.12. The maximum absolute atomic E-state index is 9.83. The highest BCUT2D eigenvalue weighted by Crippen LogP contribution is 2.56. The Morgan fingerprint density at radius 1 is 0.383 bits per heavy atom. The van der Waals surface area contributed by atoms with Gasteiger partial charge in [-0.15, -0.1) is 0 Å². The molecule has 1 heterocycles. The topological polar surface area (TPSA) is 49.6 Å². The van der Waals surface area contributed by atoms with Crippen LogP contribution in [0.4, 0.5) is 0 Å². The fourth-order valence-electron chi connectivity index (χ4n) is 10.00. The molecule has 0 unspecified atom stereocenters. The molecule has 0 amide bonds. The van der Waals surface area contributed by atoms with Gasteiger partial charge in [0.2, 0.25) is 0 Å². The molecule has 1 spiro atoms. The van der Waals surface area contributed by atoms with E-state index >= 15 is 0 Å². The van der Waals surface area contributed by atoms with E-state index in [0.29, 0.717) is 5.82 Å². The molecule has 1 saturated carbocycles. The van der Waals surface area contributed by atoms with Gasteiger partial charge in [-0.2, -0.15) is 5.26 Å². The van der Waals surface area contributed by atoms with E-state index in [-0.39, 0.29) is 5.41 Å². The van der Waals surface area contributed by atoms with Gasteiger partial charge in [0.25, 0.3) is 0 Å². The minimum atomic E-state index is -0.0329. The zero-order valence-corrected chi connectivity index (χ0v) is 33.3. The van der Waals surface area contributed by atoms with Crippen molar-refractivity contribution in [2.75, 3.05) is 0 Å². The average Bonchev–Trinajstić information content (AvgIpc) is 3.58. The third-order valence-electron chi connectivity index (χ3n) is 12.9. The van der Waals surface area contributed by atoms with Crippen LogP contribution in [0, 0.1) is 11.3 Å². The van der Waals surface area contributed by atoms with Gasteiger partial charge in [0.1, 0.15) is 0 Å². The van der Waals surface area contributed by atoms with Crippen LogP contribution in [0.5, 0.6) is 0 Å². The molecule has 2 aliphatic rings. The van der Waals surface area contributed by atoms with Crippen LogP contribution < -0.4 is 0 Å². The highest BCUT2D eigenvalue weighted by atomic mass is 14.9. The second-order valence-electron chi connectivity index (χ2n) is 16.3. The van der Waals surface area contributed by atoms with Crippen LogP contribution in [0.3, 0.4) is 0 Å². The summed E-state index contributed by atoms with van der Waals surface area (Å²) in [6, 6.07) is 69.6. The van der Waals surface area contributed by atoms with Crippen LogP contribution >= 0.6 is 0 Å². The van der Waals surface area contributed by atoms with E-state index in [1.54, 1.807) is 0 Å². The van der Waals surface area contributed by atoms with E-state index in [1.807, 2.05) is 30.3 Å². The second-order valence-corrected chi connectivity index (χ2v) is 16.3. The fraction of sp³-hybridized carbons (Fsp3) is 0.105. The molecule has 0 atom stereocenters. The number of nitriles is 1. The lowest BCUT2D eigenvalue weighted by Crippen LogP contribution is -2.28. The van der Waals surface area contributed by atoms with E-state index in [1.165, 1.54) is 80.1 Å². The van der Waals surface area contributed by atoms with Crippen molar-refractivity contribution in [2.24, 2.45) is 0 Å². The predicted octanol–water partition coefficient (Wildman–Crippen LogP) is 14.7. The molecule has 284 valence electrons. The van der Waals surface area contributed by atoms with E-state index in [9.17, 15) is 5.26 Å². The summed E-state index contributed by atoms with van der Waals surface area (Å²) in [7, 11) is 0. The predicted molar refractivity (Wildman–Crippen MR) is 246 cm³/mol. The average molecular weight is 768 g/mol. The first-order chi connectivity index (χ1) is 29.6. The van der Waals surface area contributed by atoms with Gasteiger partial charge in [-0.1, -0.05) is 177 Å². The smallest absolute Gasteiger partial charge is 0.160 e. The Morgan fingerprint density at radius 3 is 1.57 bits per heavy atom. The first-order valence-corrected chi connectivity index (χ1v) is 21.1. The maximum Gasteiger partial charge on any atom is 0.160 e. The summed E-state index contributed by atoms with van der Waals surface area (Å²) in [6.45, 7) is 0. The molecule has 0 saturated heterocycles. The van der Waals surface area contributed by atoms with E-state index in [0.717, 1.165) is 52.0 Å². The summed E-state index contributed by atoms with van der Waals surface area (Å²) < 4.78 is 0. The Kier molecular flexibility index (Phi) is 8.79. The van der Waals surface area contributed by atoms with E-state index in [2.05, 4.69) is 164 Å². The quantitative estimate of drug-likeness (QED) is 0.169. The SMILES string of the molecule is N#Cc1ccc2c(c1)C1(CCCCC1)c1cc(-c3ccc(-c4cccc(-c5cc(-c6ccc(-c7ccccc7)cc6)nc(-c6ccccc6)n5)c4)c4ccccc34)ccc1-2. The number of nitrogens with zero attached hydrogens (tertiary/aromatic N) is 3.